The van der Waals surface area contributed by atoms with E-state index in [2.05, 4.69) is 5.81 Å². The van der Waals surface area contributed by atoms with Crippen molar-refractivity contribution in [3.8, 4) is 5.81 Å². The Morgan fingerprint density at radius 2 is 1.81 bits per heavy atom. The average molecular weight is 267 g/mol. The van der Waals surface area contributed by atoms with Crippen LogP contribution in [0, 0.1) is 17.6 Å². The Bertz CT molecular complexity index is 289. The van der Waals surface area contributed by atoms with Crippen molar-refractivity contribution in [1.82, 2.24) is 0 Å². The SMILES string of the molecule is CCC(Cl)OC(OC#P=O)(C(C)C)C(C)C. The molecule has 1 unspecified atom stereocenters. The van der Waals surface area contributed by atoms with Crippen LogP contribution in [0.2, 0.25) is 0 Å². The van der Waals surface area contributed by atoms with Gasteiger partial charge in [0, 0.05) is 0 Å². The van der Waals surface area contributed by atoms with Crippen molar-refractivity contribution >= 4 is 19.5 Å². The average Bonchev–Trinajstić information content (AvgIpc) is 2.22. The van der Waals surface area contributed by atoms with Gasteiger partial charge in [-0.15, -0.1) is 0 Å². The molecule has 0 spiro atoms. The molecular weight excluding hydrogens is 247 g/mol. The first-order valence-corrected chi connectivity index (χ1v) is 6.72. The summed E-state index contributed by atoms with van der Waals surface area (Å²) in [6.45, 7) is 9.83. The topological polar surface area (TPSA) is 35.5 Å². The summed E-state index contributed by atoms with van der Waals surface area (Å²) in [5.41, 5.74) is -0.421. The van der Waals surface area contributed by atoms with Gasteiger partial charge in [0.2, 0.25) is 0 Å². The third-order valence-electron chi connectivity index (χ3n) is 2.48. The minimum absolute atomic E-state index is 0.0783. The molecule has 0 fully saturated rings. The fourth-order valence-electron chi connectivity index (χ4n) is 1.57. The maximum absolute atomic E-state index is 10.4. The molecule has 0 aliphatic rings. The molecule has 0 aromatic carbocycles. The summed E-state index contributed by atoms with van der Waals surface area (Å²) in [4.78, 5) is 0. The molecule has 94 valence electrons. The zero-order valence-corrected chi connectivity index (χ0v) is 12.1. The molecule has 3 nitrogen and oxygen atoms in total. The first-order chi connectivity index (χ1) is 7.40. The van der Waals surface area contributed by atoms with E-state index in [1.165, 1.54) is 0 Å². The molecule has 0 aliphatic carbocycles. The molecule has 0 aliphatic heterocycles. The summed E-state index contributed by atoms with van der Waals surface area (Å²) in [6, 6.07) is 0. The molecule has 0 radical (unpaired) electrons. The number of ether oxygens (including phenoxy) is 2. The van der Waals surface area contributed by atoms with Gasteiger partial charge in [0.05, 0.1) is 0 Å². The van der Waals surface area contributed by atoms with Crippen LogP contribution in [0.25, 0.3) is 0 Å². The standard InChI is InChI=1S/C11H20ClO3P/c1-6-10(12)15-11(8(2)3,9(4)5)14-7-16-13/h8-10H,6H2,1-5H3. The van der Waals surface area contributed by atoms with Crippen LogP contribution in [0.1, 0.15) is 41.0 Å². The summed E-state index contributed by atoms with van der Waals surface area (Å²) in [5.74, 6) is 1.60. The van der Waals surface area contributed by atoms with E-state index in [0.717, 1.165) is 0 Å². The van der Waals surface area contributed by atoms with Crippen LogP contribution in [0.5, 0.6) is 0 Å². The molecule has 16 heavy (non-hydrogen) atoms. The Morgan fingerprint density at radius 1 is 1.31 bits per heavy atom. The van der Waals surface area contributed by atoms with Crippen LogP contribution in [0.4, 0.5) is 0 Å². The van der Waals surface area contributed by atoms with Crippen molar-refractivity contribution in [3.63, 3.8) is 0 Å². The molecule has 5 heteroatoms. The first-order valence-electron chi connectivity index (χ1n) is 5.47. The number of hydrogen-bond donors (Lipinski definition) is 0. The Kier molecular flexibility index (Phi) is 7.63. The molecule has 0 N–H and O–H groups in total. The van der Waals surface area contributed by atoms with Gasteiger partial charge in [-0.1, -0.05) is 0 Å². The molecular formula is C11H20ClO3P. The molecule has 0 saturated heterocycles. The van der Waals surface area contributed by atoms with E-state index in [1.807, 2.05) is 34.6 Å². The van der Waals surface area contributed by atoms with Gasteiger partial charge >= 0.3 is 104 Å². The Morgan fingerprint density at radius 3 is 2.12 bits per heavy atom. The second-order valence-electron chi connectivity index (χ2n) is 4.25. The maximum atomic E-state index is 10.4. The predicted octanol–water partition coefficient (Wildman–Crippen LogP) is 4.21. The molecule has 0 rings (SSSR count). The second kappa shape index (κ2) is 7.53. The van der Waals surface area contributed by atoms with Crippen LogP contribution < -0.4 is 0 Å². The van der Waals surface area contributed by atoms with Gasteiger partial charge in [-0.25, -0.2) is 0 Å². The molecule has 0 aromatic rings. The van der Waals surface area contributed by atoms with Crippen molar-refractivity contribution in [2.24, 2.45) is 11.8 Å². The Labute approximate surface area is 104 Å². The van der Waals surface area contributed by atoms with Gasteiger partial charge in [0.15, 0.2) is 0 Å². The van der Waals surface area contributed by atoms with Crippen LogP contribution in [0.3, 0.4) is 0 Å². The fraction of sp³-hybridized carbons (Fsp3) is 0.909. The van der Waals surface area contributed by atoms with Crippen LogP contribution in [-0.4, -0.2) is 11.4 Å². The summed E-state index contributed by atoms with van der Waals surface area (Å²) in [5, 5.41) is 0. The Balaban J connectivity index is 5.05. The zero-order valence-electron chi connectivity index (χ0n) is 10.5. The minimum atomic E-state index is -0.875. The number of hydrogen-bond acceptors (Lipinski definition) is 3. The van der Waals surface area contributed by atoms with Gasteiger partial charge < -0.3 is 0 Å². The molecule has 0 heterocycles. The second-order valence-corrected chi connectivity index (χ2v) is 5.10. The molecule has 0 amide bonds. The number of alkyl halides is 1. The predicted molar refractivity (Wildman–Crippen MR) is 66.0 cm³/mol. The van der Waals surface area contributed by atoms with Crippen LogP contribution in [0.15, 0.2) is 0 Å². The zero-order chi connectivity index (χ0) is 12.8. The summed E-state index contributed by atoms with van der Waals surface area (Å²) in [7, 11) is -0.289. The van der Waals surface area contributed by atoms with Gasteiger partial charge in [-0.3, -0.25) is 0 Å². The summed E-state index contributed by atoms with van der Waals surface area (Å²) in [6.07, 6.45) is 0.682. The summed E-state index contributed by atoms with van der Waals surface area (Å²) < 4.78 is 21.6. The monoisotopic (exact) mass is 266 g/mol. The molecule has 0 bridgehead atoms. The molecule has 0 saturated carbocycles. The van der Waals surface area contributed by atoms with E-state index in [-0.39, 0.29) is 19.8 Å². The van der Waals surface area contributed by atoms with E-state index in [1.54, 1.807) is 0 Å². The van der Waals surface area contributed by atoms with Crippen LogP contribution in [-0.2, 0) is 14.0 Å². The van der Waals surface area contributed by atoms with Crippen molar-refractivity contribution in [3.05, 3.63) is 0 Å². The van der Waals surface area contributed by atoms with Crippen molar-refractivity contribution in [2.75, 3.05) is 0 Å². The normalized spacial score (nSPS) is 14.0. The quantitative estimate of drug-likeness (QED) is 0.410. The van der Waals surface area contributed by atoms with Crippen molar-refractivity contribution in [2.45, 2.75) is 52.4 Å². The molecule has 1 atom stereocenters. The van der Waals surface area contributed by atoms with E-state index in [4.69, 9.17) is 21.1 Å². The van der Waals surface area contributed by atoms with E-state index >= 15 is 0 Å². The van der Waals surface area contributed by atoms with Crippen molar-refractivity contribution in [1.29, 1.82) is 0 Å². The first kappa shape index (κ1) is 16.2. The summed E-state index contributed by atoms with van der Waals surface area (Å²) >= 11 is 6.01. The molecule has 0 aromatic heterocycles. The third kappa shape index (κ3) is 4.24. The van der Waals surface area contributed by atoms with Gasteiger partial charge in [-0.2, -0.15) is 0 Å². The van der Waals surface area contributed by atoms with Gasteiger partial charge in [-0.05, 0) is 0 Å². The van der Waals surface area contributed by atoms with E-state index in [0.29, 0.717) is 6.42 Å². The number of rotatable bonds is 6. The third-order valence-corrected chi connectivity index (χ3v) is 3.05. The van der Waals surface area contributed by atoms with Crippen LogP contribution >= 0.6 is 19.5 Å². The van der Waals surface area contributed by atoms with E-state index in [9.17, 15) is 4.57 Å². The van der Waals surface area contributed by atoms with Gasteiger partial charge in [0.1, 0.15) is 0 Å². The van der Waals surface area contributed by atoms with Crippen molar-refractivity contribution < 1.29 is 14.0 Å². The number of halogens is 1. The fourth-order valence-corrected chi connectivity index (χ4v) is 1.89. The van der Waals surface area contributed by atoms with E-state index < -0.39 is 11.4 Å². The van der Waals surface area contributed by atoms with Gasteiger partial charge in [0.25, 0.3) is 0 Å². The Hall–Kier alpha value is 0.220.